The number of carbonyl (C=O) groups is 1. The molecule has 0 unspecified atom stereocenters. The first kappa shape index (κ1) is 18.2. The van der Waals surface area contributed by atoms with Crippen molar-refractivity contribution in [3.8, 4) is 5.75 Å². The zero-order valence-electron chi connectivity index (χ0n) is 15.5. The average Bonchev–Trinajstić information content (AvgIpc) is 2.67. The van der Waals surface area contributed by atoms with E-state index in [9.17, 15) is 4.79 Å². The Morgan fingerprint density at radius 2 is 1.84 bits per heavy atom. The predicted molar refractivity (Wildman–Crippen MR) is 101 cm³/mol. The number of hydrogen-bond acceptors (Lipinski definition) is 3. The Labute approximate surface area is 151 Å². The lowest BCUT2D eigenvalue weighted by atomic mass is 9.93. The van der Waals surface area contributed by atoms with Crippen molar-refractivity contribution in [2.75, 3.05) is 26.7 Å². The van der Waals surface area contributed by atoms with Crippen molar-refractivity contribution in [1.29, 1.82) is 0 Å². The summed E-state index contributed by atoms with van der Waals surface area (Å²) in [6.07, 6.45) is 9.71. The first-order valence-corrected chi connectivity index (χ1v) is 9.97. The van der Waals surface area contributed by atoms with Gasteiger partial charge in [0, 0.05) is 13.1 Å². The summed E-state index contributed by atoms with van der Waals surface area (Å²) in [5.74, 6) is 1.65. The average molecular weight is 344 g/mol. The Morgan fingerprint density at radius 1 is 1.12 bits per heavy atom. The van der Waals surface area contributed by atoms with E-state index in [1.165, 1.54) is 25.7 Å². The molecule has 1 aromatic carbocycles. The third-order valence-corrected chi connectivity index (χ3v) is 5.67. The lowest BCUT2D eigenvalue weighted by molar-refractivity contribution is 0.0677. The summed E-state index contributed by atoms with van der Waals surface area (Å²) >= 11 is 0. The van der Waals surface area contributed by atoms with Crippen LogP contribution < -0.4 is 10.1 Å². The van der Waals surface area contributed by atoms with E-state index in [1.54, 1.807) is 0 Å². The summed E-state index contributed by atoms with van der Waals surface area (Å²) < 4.78 is 6.22. The van der Waals surface area contributed by atoms with E-state index in [-0.39, 0.29) is 12.0 Å². The van der Waals surface area contributed by atoms with Gasteiger partial charge >= 0.3 is 0 Å². The number of para-hydroxylation sites is 1. The van der Waals surface area contributed by atoms with Gasteiger partial charge in [0.2, 0.25) is 0 Å². The molecule has 1 aromatic rings. The number of piperidine rings is 1. The summed E-state index contributed by atoms with van der Waals surface area (Å²) in [6, 6.07) is 7.80. The minimum atomic E-state index is 0.137. The number of nitrogens with zero attached hydrogens (tertiary/aromatic N) is 1. The van der Waals surface area contributed by atoms with E-state index in [1.807, 2.05) is 36.2 Å². The SMILES string of the molecule is CNCCC1CCN(C(=O)c2ccccc2OC2CCCCC2)CC1. The van der Waals surface area contributed by atoms with E-state index in [0.29, 0.717) is 0 Å². The van der Waals surface area contributed by atoms with Crippen LogP contribution in [0.25, 0.3) is 0 Å². The van der Waals surface area contributed by atoms with Gasteiger partial charge in [0.05, 0.1) is 11.7 Å². The van der Waals surface area contributed by atoms with Gasteiger partial charge in [-0.15, -0.1) is 0 Å². The Morgan fingerprint density at radius 3 is 2.56 bits per heavy atom. The zero-order valence-corrected chi connectivity index (χ0v) is 15.5. The van der Waals surface area contributed by atoms with Gasteiger partial charge in [-0.25, -0.2) is 0 Å². The first-order chi connectivity index (χ1) is 12.3. The fourth-order valence-electron chi connectivity index (χ4n) is 4.05. The second-order valence-corrected chi connectivity index (χ2v) is 7.50. The topological polar surface area (TPSA) is 41.6 Å². The molecule has 0 bridgehead atoms. The molecular formula is C21H32N2O2. The molecule has 1 heterocycles. The predicted octanol–water partition coefficient (Wildman–Crippen LogP) is 3.86. The van der Waals surface area contributed by atoms with Gasteiger partial charge in [0.1, 0.15) is 5.75 Å². The molecule has 138 valence electrons. The maximum Gasteiger partial charge on any atom is 0.257 e. The van der Waals surface area contributed by atoms with Gasteiger partial charge in [0.15, 0.2) is 0 Å². The molecule has 0 spiro atoms. The number of nitrogens with one attached hydrogen (secondary N) is 1. The molecule has 1 aliphatic heterocycles. The quantitative estimate of drug-likeness (QED) is 0.852. The van der Waals surface area contributed by atoms with Crippen LogP contribution in [-0.4, -0.2) is 43.6 Å². The van der Waals surface area contributed by atoms with Crippen molar-refractivity contribution < 1.29 is 9.53 Å². The molecule has 1 aliphatic carbocycles. The Hall–Kier alpha value is -1.55. The molecule has 4 heteroatoms. The Bertz CT molecular complexity index is 547. The van der Waals surface area contributed by atoms with Crippen LogP contribution in [0.3, 0.4) is 0 Å². The molecule has 0 atom stereocenters. The number of ether oxygens (including phenoxy) is 1. The van der Waals surface area contributed by atoms with Crippen LogP contribution in [0.15, 0.2) is 24.3 Å². The maximum absolute atomic E-state index is 13.0. The third kappa shape index (κ3) is 4.97. The fraction of sp³-hybridized carbons (Fsp3) is 0.667. The minimum Gasteiger partial charge on any atom is -0.490 e. The molecule has 2 fully saturated rings. The van der Waals surface area contributed by atoms with Crippen molar-refractivity contribution in [2.45, 2.75) is 57.5 Å². The molecule has 25 heavy (non-hydrogen) atoms. The molecule has 0 radical (unpaired) electrons. The number of hydrogen-bond donors (Lipinski definition) is 1. The normalized spacial score (nSPS) is 19.8. The molecule has 1 saturated heterocycles. The lowest BCUT2D eigenvalue weighted by Gasteiger charge is -2.32. The summed E-state index contributed by atoms with van der Waals surface area (Å²) in [7, 11) is 2.00. The highest BCUT2D eigenvalue weighted by molar-refractivity contribution is 5.97. The van der Waals surface area contributed by atoms with Gasteiger partial charge in [-0.05, 0) is 76.6 Å². The van der Waals surface area contributed by atoms with Crippen LogP contribution >= 0.6 is 0 Å². The highest BCUT2D eigenvalue weighted by atomic mass is 16.5. The van der Waals surface area contributed by atoms with Crippen LogP contribution in [0, 0.1) is 5.92 Å². The Balaban J connectivity index is 1.60. The van der Waals surface area contributed by atoms with E-state index in [4.69, 9.17) is 4.74 Å². The number of benzene rings is 1. The van der Waals surface area contributed by atoms with E-state index in [2.05, 4.69) is 5.32 Å². The molecule has 1 saturated carbocycles. The molecule has 1 amide bonds. The third-order valence-electron chi connectivity index (χ3n) is 5.67. The van der Waals surface area contributed by atoms with Gasteiger partial charge in [-0.3, -0.25) is 4.79 Å². The molecule has 0 aromatic heterocycles. The van der Waals surface area contributed by atoms with Crippen molar-refractivity contribution >= 4 is 5.91 Å². The molecule has 4 nitrogen and oxygen atoms in total. The number of rotatable bonds is 6. The highest BCUT2D eigenvalue weighted by Gasteiger charge is 2.26. The largest absolute Gasteiger partial charge is 0.490 e. The second-order valence-electron chi connectivity index (χ2n) is 7.50. The van der Waals surface area contributed by atoms with Crippen LogP contribution in [0.2, 0.25) is 0 Å². The molecule has 3 rings (SSSR count). The van der Waals surface area contributed by atoms with E-state index in [0.717, 1.165) is 62.5 Å². The van der Waals surface area contributed by atoms with E-state index < -0.39 is 0 Å². The van der Waals surface area contributed by atoms with Crippen LogP contribution in [0.1, 0.15) is 61.7 Å². The lowest BCUT2D eigenvalue weighted by Crippen LogP contribution is -2.39. The number of likely N-dealkylation sites (tertiary alicyclic amines) is 1. The monoisotopic (exact) mass is 344 g/mol. The van der Waals surface area contributed by atoms with Crippen LogP contribution in [-0.2, 0) is 0 Å². The van der Waals surface area contributed by atoms with Crippen molar-refractivity contribution in [2.24, 2.45) is 5.92 Å². The van der Waals surface area contributed by atoms with Crippen molar-refractivity contribution in [3.63, 3.8) is 0 Å². The fourth-order valence-corrected chi connectivity index (χ4v) is 4.05. The number of amides is 1. The summed E-state index contributed by atoms with van der Waals surface area (Å²) in [5.41, 5.74) is 0.738. The minimum absolute atomic E-state index is 0.137. The first-order valence-electron chi connectivity index (χ1n) is 9.97. The highest BCUT2D eigenvalue weighted by Crippen LogP contribution is 2.28. The molecule has 1 N–H and O–H groups in total. The smallest absolute Gasteiger partial charge is 0.257 e. The van der Waals surface area contributed by atoms with Gasteiger partial charge in [-0.1, -0.05) is 18.6 Å². The standard InChI is InChI=1S/C21H32N2O2/c1-22-14-11-17-12-15-23(16-13-17)21(24)19-9-5-6-10-20(19)25-18-7-3-2-4-8-18/h5-6,9-10,17-18,22H,2-4,7-8,11-16H2,1H3. The summed E-state index contributed by atoms with van der Waals surface area (Å²) in [4.78, 5) is 15.0. The summed E-state index contributed by atoms with van der Waals surface area (Å²) in [6.45, 7) is 2.80. The number of carbonyl (C=O) groups excluding carboxylic acids is 1. The summed E-state index contributed by atoms with van der Waals surface area (Å²) in [5, 5.41) is 3.22. The van der Waals surface area contributed by atoms with Crippen molar-refractivity contribution in [1.82, 2.24) is 10.2 Å². The zero-order chi connectivity index (χ0) is 17.5. The van der Waals surface area contributed by atoms with Crippen LogP contribution in [0.4, 0.5) is 0 Å². The van der Waals surface area contributed by atoms with E-state index >= 15 is 0 Å². The second kappa shape index (κ2) is 9.23. The molecular weight excluding hydrogens is 312 g/mol. The van der Waals surface area contributed by atoms with Crippen molar-refractivity contribution in [3.05, 3.63) is 29.8 Å². The van der Waals surface area contributed by atoms with Crippen LogP contribution in [0.5, 0.6) is 5.75 Å². The van der Waals surface area contributed by atoms with Gasteiger partial charge in [0.25, 0.3) is 5.91 Å². The van der Waals surface area contributed by atoms with Gasteiger partial charge in [-0.2, -0.15) is 0 Å². The molecule has 2 aliphatic rings. The maximum atomic E-state index is 13.0. The van der Waals surface area contributed by atoms with Gasteiger partial charge < -0.3 is 15.0 Å². The Kier molecular flexibility index (Phi) is 6.74.